The number of hydrogen-bond acceptors (Lipinski definition) is 6. The second-order valence-electron chi connectivity index (χ2n) is 5.16. The fraction of sp³-hybridized carbons (Fsp3) is 0.714. The molecule has 4 N–H and O–H groups in total. The first-order valence-electron chi connectivity index (χ1n) is 7.58. The molecule has 1 saturated carbocycles. The Morgan fingerprint density at radius 2 is 2.29 bits per heavy atom. The van der Waals surface area contributed by atoms with E-state index >= 15 is 0 Å². The highest BCUT2D eigenvalue weighted by Gasteiger charge is 2.29. The van der Waals surface area contributed by atoms with E-state index in [1.807, 2.05) is 11.8 Å². The van der Waals surface area contributed by atoms with Crippen molar-refractivity contribution in [1.82, 2.24) is 10.3 Å². The van der Waals surface area contributed by atoms with Crippen LogP contribution in [-0.4, -0.2) is 34.5 Å². The molecule has 118 valence electrons. The van der Waals surface area contributed by atoms with Gasteiger partial charge in [-0.2, -0.15) is 11.8 Å². The van der Waals surface area contributed by atoms with Crippen molar-refractivity contribution in [3.05, 3.63) is 4.88 Å². The van der Waals surface area contributed by atoms with E-state index in [4.69, 9.17) is 5.73 Å². The van der Waals surface area contributed by atoms with Crippen molar-refractivity contribution in [1.29, 1.82) is 0 Å². The smallest absolute Gasteiger partial charge is 0.265 e. The number of hydrogen-bond donors (Lipinski definition) is 3. The molecule has 0 saturated heterocycles. The Hall–Kier alpha value is -0.950. The fourth-order valence-electron chi connectivity index (χ4n) is 2.54. The standard InChI is InChI=1S/C14H24N4OS2/c1-3-8-16-14-18-12(15)11(21-14)13(19)17-9-6-5-7-10(9)20-4-2/h9-10H,3-8,15H2,1-2H3,(H,16,18)(H,17,19). The maximum atomic E-state index is 12.4. The van der Waals surface area contributed by atoms with E-state index in [0.29, 0.717) is 15.9 Å². The maximum Gasteiger partial charge on any atom is 0.265 e. The quantitative estimate of drug-likeness (QED) is 0.717. The number of amides is 1. The van der Waals surface area contributed by atoms with Gasteiger partial charge < -0.3 is 16.4 Å². The number of nitrogens with one attached hydrogen (secondary N) is 2. The van der Waals surface area contributed by atoms with Crippen LogP contribution >= 0.6 is 23.1 Å². The van der Waals surface area contributed by atoms with Gasteiger partial charge in [-0.1, -0.05) is 31.6 Å². The average Bonchev–Trinajstić information content (AvgIpc) is 3.04. The average molecular weight is 329 g/mol. The van der Waals surface area contributed by atoms with Crippen LogP contribution < -0.4 is 16.4 Å². The van der Waals surface area contributed by atoms with Crippen LogP contribution in [0.3, 0.4) is 0 Å². The molecular weight excluding hydrogens is 304 g/mol. The van der Waals surface area contributed by atoms with Crippen LogP contribution in [0.5, 0.6) is 0 Å². The number of thioether (sulfide) groups is 1. The van der Waals surface area contributed by atoms with Crippen LogP contribution in [0.25, 0.3) is 0 Å². The molecule has 1 amide bonds. The summed E-state index contributed by atoms with van der Waals surface area (Å²) in [6, 6.07) is 0.260. The SMILES string of the molecule is CCCNc1nc(N)c(C(=O)NC2CCCC2SCC)s1. The predicted molar refractivity (Wildman–Crippen MR) is 92.3 cm³/mol. The predicted octanol–water partition coefficient (Wildman–Crippen LogP) is 2.95. The molecule has 0 aromatic carbocycles. The van der Waals surface area contributed by atoms with Gasteiger partial charge in [0.05, 0.1) is 0 Å². The molecule has 0 bridgehead atoms. The zero-order valence-electron chi connectivity index (χ0n) is 12.6. The van der Waals surface area contributed by atoms with Gasteiger partial charge in [-0.3, -0.25) is 4.79 Å². The Morgan fingerprint density at radius 1 is 1.48 bits per heavy atom. The van der Waals surface area contributed by atoms with E-state index in [1.165, 1.54) is 24.2 Å². The molecule has 1 heterocycles. The summed E-state index contributed by atoms with van der Waals surface area (Å²) in [6.45, 7) is 5.09. The highest BCUT2D eigenvalue weighted by molar-refractivity contribution is 7.99. The van der Waals surface area contributed by atoms with E-state index in [0.717, 1.165) is 30.3 Å². The molecule has 7 heteroatoms. The van der Waals surface area contributed by atoms with E-state index in [1.54, 1.807) is 0 Å². The van der Waals surface area contributed by atoms with Gasteiger partial charge in [0.25, 0.3) is 5.91 Å². The third-order valence-corrected chi connectivity index (χ3v) is 5.89. The van der Waals surface area contributed by atoms with Gasteiger partial charge in [-0.15, -0.1) is 0 Å². The van der Waals surface area contributed by atoms with E-state index < -0.39 is 0 Å². The fourth-order valence-corrected chi connectivity index (χ4v) is 4.55. The van der Waals surface area contributed by atoms with Gasteiger partial charge in [0.2, 0.25) is 0 Å². The number of carbonyl (C=O) groups excluding carboxylic acids is 1. The number of nitrogens with zero attached hydrogens (tertiary/aromatic N) is 1. The van der Waals surface area contributed by atoms with E-state index in [2.05, 4.69) is 29.5 Å². The molecular formula is C14H24N4OS2. The number of rotatable bonds is 7. The highest BCUT2D eigenvalue weighted by Crippen LogP contribution is 2.31. The van der Waals surface area contributed by atoms with E-state index in [9.17, 15) is 4.79 Å². The van der Waals surface area contributed by atoms with Crippen LogP contribution in [0, 0.1) is 0 Å². The van der Waals surface area contributed by atoms with Gasteiger partial charge in [-0.05, 0) is 25.0 Å². The highest BCUT2D eigenvalue weighted by atomic mass is 32.2. The normalized spacial score (nSPS) is 21.4. The molecule has 0 radical (unpaired) electrons. The molecule has 2 atom stereocenters. The number of nitrogen functional groups attached to an aromatic ring is 1. The molecule has 0 spiro atoms. The Labute approximate surface area is 134 Å². The molecule has 1 aliphatic carbocycles. The van der Waals surface area contributed by atoms with Gasteiger partial charge in [0.1, 0.15) is 10.7 Å². The lowest BCUT2D eigenvalue weighted by Gasteiger charge is -2.19. The first-order valence-corrected chi connectivity index (χ1v) is 9.44. The summed E-state index contributed by atoms with van der Waals surface area (Å²) in [6.07, 6.45) is 4.44. The molecule has 2 unspecified atom stereocenters. The monoisotopic (exact) mass is 328 g/mol. The van der Waals surface area contributed by atoms with Crippen molar-refractivity contribution in [3.8, 4) is 0 Å². The number of thiazole rings is 1. The van der Waals surface area contributed by atoms with Gasteiger partial charge in [0, 0.05) is 17.8 Å². The van der Waals surface area contributed by atoms with Crippen molar-refractivity contribution in [3.63, 3.8) is 0 Å². The number of nitrogens with two attached hydrogens (primary N) is 1. The Balaban J connectivity index is 1.98. The van der Waals surface area contributed by atoms with E-state index in [-0.39, 0.29) is 11.9 Å². The van der Waals surface area contributed by atoms with Crippen LogP contribution in [0.2, 0.25) is 0 Å². The zero-order valence-corrected chi connectivity index (χ0v) is 14.3. The summed E-state index contributed by atoms with van der Waals surface area (Å²) in [5.41, 5.74) is 5.87. The van der Waals surface area contributed by atoms with Crippen molar-refractivity contribution in [2.45, 2.75) is 50.8 Å². The number of carbonyl (C=O) groups is 1. The van der Waals surface area contributed by atoms with Crippen molar-refractivity contribution in [2.75, 3.05) is 23.3 Å². The second kappa shape index (κ2) is 7.89. The molecule has 2 rings (SSSR count). The molecule has 1 aliphatic rings. The molecule has 1 aromatic heterocycles. The molecule has 1 aromatic rings. The van der Waals surface area contributed by atoms with Gasteiger partial charge in [-0.25, -0.2) is 4.98 Å². The minimum absolute atomic E-state index is 0.0804. The maximum absolute atomic E-state index is 12.4. The minimum Gasteiger partial charge on any atom is -0.382 e. The van der Waals surface area contributed by atoms with Gasteiger partial charge >= 0.3 is 0 Å². The molecule has 5 nitrogen and oxygen atoms in total. The second-order valence-corrected chi connectivity index (χ2v) is 7.68. The summed E-state index contributed by atoms with van der Waals surface area (Å²) >= 11 is 3.27. The number of anilines is 2. The lowest BCUT2D eigenvalue weighted by molar-refractivity contribution is 0.0943. The Kier molecular flexibility index (Phi) is 6.17. The van der Waals surface area contributed by atoms with Crippen molar-refractivity contribution >= 4 is 40.0 Å². The van der Waals surface area contributed by atoms with Crippen LogP contribution in [0.4, 0.5) is 10.9 Å². The van der Waals surface area contributed by atoms with Crippen molar-refractivity contribution < 1.29 is 4.79 Å². The lowest BCUT2D eigenvalue weighted by Crippen LogP contribution is -2.38. The Morgan fingerprint density at radius 3 is 3.00 bits per heavy atom. The number of aromatic nitrogens is 1. The first-order chi connectivity index (χ1) is 10.2. The third kappa shape index (κ3) is 4.26. The van der Waals surface area contributed by atoms with Gasteiger partial charge in [0.15, 0.2) is 5.13 Å². The van der Waals surface area contributed by atoms with Crippen LogP contribution in [0.15, 0.2) is 0 Å². The van der Waals surface area contributed by atoms with Crippen LogP contribution in [0.1, 0.15) is 49.2 Å². The molecule has 21 heavy (non-hydrogen) atoms. The summed E-state index contributed by atoms with van der Waals surface area (Å²) in [5, 5.41) is 7.58. The summed E-state index contributed by atoms with van der Waals surface area (Å²) < 4.78 is 0. The largest absolute Gasteiger partial charge is 0.382 e. The first kappa shape index (κ1) is 16.4. The topological polar surface area (TPSA) is 80.0 Å². The zero-order chi connectivity index (χ0) is 15.2. The molecule has 1 fully saturated rings. The summed E-state index contributed by atoms with van der Waals surface area (Å²) in [4.78, 5) is 17.1. The van der Waals surface area contributed by atoms with Crippen LogP contribution in [-0.2, 0) is 0 Å². The summed E-state index contributed by atoms with van der Waals surface area (Å²) in [5.74, 6) is 1.34. The molecule has 0 aliphatic heterocycles. The lowest BCUT2D eigenvalue weighted by atomic mass is 10.2. The Bertz CT molecular complexity index is 478. The third-order valence-electron chi connectivity index (χ3n) is 3.54. The summed E-state index contributed by atoms with van der Waals surface area (Å²) in [7, 11) is 0. The van der Waals surface area contributed by atoms with Crippen molar-refractivity contribution in [2.24, 2.45) is 0 Å². The minimum atomic E-state index is -0.0804.